The zero-order chi connectivity index (χ0) is 24.2. The number of amides is 2. The summed E-state index contributed by atoms with van der Waals surface area (Å²) in [7, 11) is 0. The van der Waals surface area contributed by atoms with Crippen LogP contribution in [0, 0.1) is 11.7 Å². The minimum Gasteiger partial charge on any atom is -0.477 e. The number of nitrogens with one attached hydrogen (secondary N) is 2. The molecule has 3 aromatic rings. The number of carbonyl (C=O) groups is 2. The molecule has 8 nitrogen and oxygen atoms in total. The number of piperidine rings is 1. The van der Waals surface area contributed by atoms with Crippen molar-refractivity contribution in [1.82, 2.24) is 9.88 Å². The van der Waals surface area contributed by atoms with Gasteiger partial charge < -0.3 is 25.2 Å². The van der Waals surface area contributed by atoms with Gasteiger partial charge in [-0.1, -0.05) is 18.2 Å². The van der Waals surface area contributed by atoms with Crippen LogP contribution >= 0.6 is 0 Å². The molecule has 0 saturated carbocycles. The molecule has 1 fully saturated rings. The Morgan fingerprint density at radius 3 is 2.50 bits per heavy atom. The molecule has 0 radical (unpaired) electrons. The SMILES string of the molecule is CCn1cc(C(=O)O)c(=O)c2cc(F)c(N3CCC(CNC(=O)Nc4ccccc4)CC3)cc21. The van der Waals surface area contributed by atoms with Gasteiger partial charge in [-0.25, -0.2) is 14.0 Å². The van der Waals surface area contributed by atoms with Gasteiger partial charge in [-0.15, -0.1) is 0 Å². The van der Waals surface area contributed by atoms with Crippen molar-refractivity contribution in [3.63, 3.8) is 0 Å². The van der Waals surface area contributed by atoms with Crippen LogP contribution in [0.4, 0.5) is 20.6 Å². The zero-order valence-corrected chi connectivity index (χ0v) is 18.9. The number of hydrogen-bond acceptors (Lipinski definition) is 4. The molecule has 2 amide bonds. The van der Waals surface area contributed by atoms with Gasteiger partial charge in [0.15, 0.2) is 0 Å². The number of carboxylic acids is 1. The highest BCUT2D eigenvalue weighted by molar-refractivity contribution is 5.93. The average Bonchev–Trinajstić information content (AvgIpc) is 2.84. The molecule has 3 N–H and O–H groups in total. The lowest BCUT2D eigenvalue weighted by Gasteiger charge is -2.34. The van der Waals surface area contributed by atoms with Crippen molar-refractivity contribution in [2.24, 2.45) is 5.92 Å². The second-order valence-corrected chi connectivity index (χ2v) is 8.42. The quantitative estimate of drug-likeness (QED) is 0.511. The number of carboxylic acid groups (broad SMARTS) is 1. The maximum Gasteiger partial charge on any atom is 0.341 e. The number of fused-ring (bicyclic) bond motifs is 1. The largest absolute Gasteiger partial charge is 0.477 e. The van der Waals surface area contributed by atoms with Crippen LogP contribution < -0.4 is 21.0 Å². The molecule has 1 aliphatic heterocycles. The summed E-state index contributed by atoms with van der Waals surface area (Å²) in [4.78, 5) is 38.0. The Bertz CT molecular complexity index is 1270. The summed E-state index contributed by atoms with van der Waals surface area (Å²) in [6.45, 7) is 4.03. The molecule has 1 aromatic heterocycles. The Labute approximate surface area is 196 Å². The Morgan fingerprint density at radius 1 is 1.15 bits per heavy atom. The monoisotopic (exact) mass is 466 g/mol. The lowest BCUT2D eigenvalue weighted by molar-refractivity contribution is 0.0694. The third-order valence-corrected chi connectivity index (χ3v) is 6.26. The van der Waals surface area contributed by atoms with Gasteiger partial charge >= 0.3 is 12.0 Å². The lowest BCUT2D eigenvalue weighted by atomic mass is 9.96. The summed E-state index contributed by atoms with van der Waals surface area (Å²) in [6.07, 6.45) is 2.87. The fourth-order valence-corrected chi connectivity index (χ4v) is 4.37. The maximum atomic E-state index is 15.0. The van der Waals surface area contributed by atoms with Gasteiger partial charge in [0.2, 0.25) is 5.43 Å². The number of urea groups is 1. The predicted molar refractivity (Wildman–Crippen MR) is 129 cm³/mol. The molecule has 178 valence electrons. The molecule has 2 aromatic carbocycles. The summed E-state index contributed by atoms with van der Waals surface area (Å²) in [5.74, 6) is -1.60. The minimum absolute atomic E-state index is 0.0616. The van der Waals surface area contributed by atoms with E-state index in [1.807, 2.05) is 42.2 Å². The number of aryl methyl sites for hydroxylation is 1. The first kappa shape index (κ1) is 23.3. The summed E-state index contributed by atoms with van der Waals surface area (Å²) in [5.41, 5.74) is 0.575. The van der Waals surface area contributed by atoms with E-state index in [1.54, 1.807) is 10.6 Å². The fourth-order valence-electron chi connectivity index (χ4n) is 4.37. The summed E-state index contributed by atoms with van der Waals surface area (Å²) < 4.78 is 16.7. The van der Waals surface area contributed by atoms with Gasteiger partial charge in [-0.3, -0.25) is 4.79 Å². The molecular formula is C25H27FN4O4. The molecule has 1 aliphatic rings. The Morgan fingerprint density at radius 2 is 1.85 bits per heavy atom. The molecule has 34 heavy (non-hydrogen) atoms. The van der Waals surface area contributed by atoms with Crippen LogP contribution in [0.2, 0.25) is 0 Å². The van der Waals surface area contributed by atoms with Crippen LogP contribution in [0.5, 0.6) is 0 Å². The maximum absolute atomic E-state index is 15.0. The highest BCUT2D eigenvalue weighted by Gasteiger charge is 2.24. The van der Waals surface area contributed by atoms with Gasteiger partial charge in [0.1, 0.15) is 11.4 Å². The van der Waals surface area contributed by atoms with Crippen molar-refractivity contribution in [1.29, 1.82) is 0 Å². The second-order valence-electron chi connectivity index (χ2n) is 8.42. The van der Waals surface area contributed by atoms with Crippen molar-refractivity contribution in [2.75, 3.05) is 29.9 Å². The van der Waals surface area contributed by atoms with Crippen molar-refractivity contribution < 1.29 is 19.1 Å². The number of rotatable bonds is 6. The number of anilines is 2. The number of para-hydroxylation sites is 1. The Kier molecular flexibility index (Phi) is 6.81. The van der Waals surface area contributed by atoms with Gasteiger partial charge in [0, 0.05) is 43.4 Å². The molecule has 2 heterocycles. The third-order valence-electron chi connectivity index (χ3n) is 6.26. The topological polar surface area (TPSA) is 104 Å². The second kappa shape index (κ2) is 9.94. The number of aromatic nitrogens is 1. The lowest BCUT2D eigenvalue weighted by Crippen LogP contribution is -2.40. The minimum atomic E-state index is -1.33. The standard InChI is InChI=1S/C25H27FN4O4/c1-2-29-15-19(24(32)33)23(31)18-12-20(26)22(13-21(18)29)30-10-8-16(9-11-30)14-27-25(34)28-17-6-4-3-5-7-17/h3-7,12-13,15-16H,2,8-11,14H2,1H3,(H,32,33)(H2,27,28,34). The summed E-state index contributed by atoms with van der Waals surface area (Å²) >= 11 is 0. The number of aromatic carboxylic acids is 1. The Balaban J connectivity index is 1.43. The third kappa shape index (κ3) is 4.88. The number of benzene rings is 2. The molecule has 0 bridgehead atoms. The van der Waals surface area contributed by atoms with Crippen molar-refractivity contribution >= 4 is 34.3 Å². The number of nitrogens with zero attached hydrogens (tertiary/aromatic N) is 2. The van der Waals surface area contributed by atoms with Crippen molar-refractivity contribution in [3.8, 4) is 0 Å². The molecule has 4 rings (SSSR count). The van der Waals surface area contributed by atoms with E-state index in [0.717, 1.165) is 24.6 Å². The van der Waals surface area contributed by atoms with E-state index in [1.165, 1.54) is 6.20 Å². The smallest absolute Gasteiger partial charge is 0.341 e. The zero-order valence-electron chi connectivity index (χ0n) is 18.9. The van der Waals surface area contributed by atoms with Crippen LogP contribution in [0.15, 0.2) is 53.5 Å². The number of halogens is 1. The van der Waals surface area contributed by atoms with E-state index in [9.17, 15) is 19.5 Å². The van der Waals surface area contributed by atoms with E-state index >= 15 is 4.39 Å². The normalized spacial score (nSPS) is 14.2. The van der Waals surface area contributed by atoms with E-state index in [-0.39, 0.29) is 22.9 Å². The number of pyridine rings is 1. The summed E-state index contributed by atoms with van der Waals surface area (Å²) in [5, 5.41) is 15.1. The molecule has 0 unspecified atom stereocenters. The molecule has 0 aliphatic carbocycles. The highest BCUT2D eigenvalue weighted by Crippen LogP contribution is 2.29. The number of carbonyl (C=O) groups excluding carboxylic acids is 1. The van der Waals surface area contributed by atoms with Crippen LogP contribution in [0.3, 0.4) is 0 Å². The van der Waals surface area contributed by atoms with Crippen LogP contribution in [-0.2, 0) is 6.54 Å². The van der Waals surface area contributed by atoms with E-state index < -0.39 is 17.2 Å². The van der Waals surface area contributed by atoms with E-state index in [2.05, 4.69) is 10.6 Å². The fraction of sp³-hybridized carbons (Fsp3) is 0.320. The first-order valence-electron chi connectivity index (χ1n) is 11.3. The van der Waals surface area contributed by atoms with Crippen LogP contribution in [-0.4, -0.2) is 41.3 Å². The first-order chi connectivity index (χ1) is 16.4. The van der Waals surface area contributed by atoms with Gasteiger partial charge in [-0.05, 0) is 49.9 Å². The van der Waals surface area contributed by atoms with Crippen molar-refractivity contribution in [3.05, 3.63) is 70.3 Å². The van der Waals surface area contributed by atoms with Gasteiger partial charge in [0.05, 0.1) is 11.2 Å². The highest BCUT2D eigenvalue weighted by atomic mass is 19.1. The van der Waals surface area contributed by atoms with Gasteiger partial charge in [-0.2, -0.15) is 0 Å². The summed E-state index contributed by atoms with van der Waals surface area (Å²) in [6, 6.07) is 11.7. The molecule has 9 heteroatoms. The average molecular weight is 467 g/mol. The number of hydrogen-bond donors (Lipinski definition) is 3. The van der Waals surface area contributed by atoms with Crippen LogP contribution in [0.1, 0.15) is 30.1 Å². The van der Waals surface area contributed by atoms with Gasteiger partial charge in [0.25, 0.3) is 0 Å². The van der Waals surface area contributed by atoms with Crippen molar-refractivity contribution in [2.45, 2.75) is 26.3 Å². The van der Waals surface area contributed by atoms with Crippen LogP contribution in [0.25, 0.3) is 10.9 Å². The first-order valence-corrected chi connectivity index (χ1v) is 11.3. The molecular weight excluding hydrogens is 439 g/mol. The molecule has 0 spiro atoms. The molecule has 1 saturated heterocycles. The Hall–Kier alpha value is -3.88. The van der Waals surface area contributed by atoms with E-state index in [4.69, 9.17) is 0 Å². The van der Waals surface area contributed by atoms with E-state index in [0.29, 0.717) is 37.4 Å². The molecule has 0 atom stereocenters. The predicted octanol–water partition coefficient (Wildman–Crippen LogP) is 3.90.